The molecule has 0 aliphatic carbocycles. The molecule has 0 saturated carbocycles. The molecule has 21 heavy (non-hydrogen) atoms. The molecule has 1 heterocycles. The third-order valence-corrected chi connectivity index (χ3v) is 3.33. The van der Waals surface area contributed by atoms with Crippen molar-refractivity contribution < 1.29 is 9.90 Å². The molecular weight excluding hydrogens is 268 g/mol. The van der Waals surface area contributed by atoms with Crippen molar-refractivity contribution in [3.8, 4) is 5.75 Å². The lowest BCUT2D eigenvalue weighted by Crippen LogP contribution is -2.42. The van der Waals surface area contributed by atoms with Crippen molar-refractivity contribution in [2.75, 3.05) is 6.54 Å². The number of carbonyl (C=O) groups excluding carboxylic acids is 1. The number of rotatable bonds is 6. The number of nitrogens with zero attached hydrogens (tertiary/aromatic N) is 2. The van der Waals surface area contributed by atoms with E-state index < -0.39 is 6.04 Å². The van der Waals surface area contributed by atoms with Crippen LogP contribution in [0, 0.1) is 0 Å². The van der Waals surface area contributed by atoms with E-state index in [0.29, 0.717) is 19.4 Å². The Hall–Kier alpha value is -2.34. The summed E-state index contributed by atoms with van der Waals surface area (Å²) in [5.41, 5.74) is 7.86. The van der Waals surface area contributed by atoms with Gasteiger partial charge in [-0.2, -0.15) is 5.10 Å². The maximum atomic E-state index is 11.9. The van der Waals surface area contributed by atoms with Crippen molar-refractivity contribution in [2.45, 2.75) is 18.9 Å². The lowest BCUT2D eigenvalue weighted by molar-refractivity contribution is -0.122. The molecule has 0 bridgehead atoms. The smallest absolute Gasteiger partial charge is 0.237 e. The second kappa shape index (κ2) is 6.90. The van der Waals surface area contributed by atoms with Crippen LogP contribution >= 0.6 is 0 Å². The summed E-state index contributed by atoms with van der Waals surface area (Å²) >= 11 is 0. The van der Waals surface area contributed by atoms with E-state index in [0.717, 1.165) is 11.3 Å². The Morgan fingerprint density at radius 1 is 1.38 bits per heavy atom. The number of aromatic hydroxyl groups is 1. The molecule has 0 aliphatic rings. The summed E-state index contributed by atoms with van der Waals surface area (Å²) in [6, 6.07) is 8.02. The summed E-state index contributed by atoms with van der Waals surface area (Å²) < 4.78 is 1.78. The van der Waals surface area contributed by atoms with Crippen molar-refractivity contribution in [3.63, 3.8) is 0 Å². The third kappa shape index (κ3) is 4.32. The zero-order valence-corrected chi connectivity index (χ0v) is 12.0. The van der Waals surface area contributed by atoms with E-state index >= 15 is 0 Å². The Kier molecular flexibility index (Phi) is 4.94. The second-order valence-corrected chi connectivity index (χ2v) is 4.96. The molecule has 6 nitrogen and oxygen atoms in total. The number of carbonyl (C=O) groups is 1. The van der Waals surface area contributed by atoms with Crippen LogP contribution in [0.1, 0.15) is 11.3 Å². The largest absolute Gasteiger partial charge is 0.508 e. The zero-order valence-electron chi connectivity index (χ0n) is 12.0. The predicted molar refractivity (Wildman–Crippen MR) is 79.7 cm³/mol. The normalized spacial score (nSPS) is 12.1. The average molecular weight is 288 g/mol. The van der Waals surface area contributed by atoms with E-state index in [9.17, 15) is 9.90 Å². The number of phenolic OH excluding ortho intramolecular Hbond substituents is 1. The molecule has 6 heteroatoms. The van der Waals surface area contributed by atoms with Crippen LogP contribution in [0.15, 0.2) is 36.5 Å². The fraction of sp³-hybridized carbons (Fsp3) is 0.333. The standard InChI is InChI=1S/C15H20N4O2/c1-19-12(7-9-18-19)6-8-17-15(21)14(16)10-11-2-4-13(20)5-3-11/h2-5,7,9,14,20H,6,8,10,16H2,1H3,(H,17,21)/t14-/m0/s1. The van der Waals surface area contributed by atoms with Gasteiger partial charge < -0.3 is 16.2 Å². The van der Waals surface area contributed by atoms with Crippen molar-refractivity contribution in [3.05, 3.63) is 47.8 Å². The van der Waals surface area contributed by atoms with Gasteiger partial charge in [-0.15, -0.1) is 0 Å². The van der Waals surface area contributed by atoms with Crippen LogP contribution in [0.4, 0.5) is 0 Å². The summed E-state index contributed by atoms with van der Waals surface area (Å²) in [5.74, 6) is 0.0261. The number of nitrogens with two attached hydrogens (primary N) is 1. The Morgan fingerprint density at radius 3 is 2.71 bits per heavy atom. The van der Waals surface area contributed by atoms with Gasteiger partial charge >= 0.3 is 0 Å². The molecule has 1 aromatic carbocycles. The Bertz CT molecular complexity index is 592. The molecule has 0 saturated heterocycles. The number of hydrogen-bond acceptors (Lipinski definition) is 4. The number of amides is 1. The van der Waals surface area contributed by atoms with Crippen LogP contribution < -0.4 is 11.1 Å². The van der Waals surface area contributed by atoms with Crippen molar-refractivity contribution >= 4 is 5.91 Å². The second-order valence-electron chi connectivity index (χ2n) is 4.96. The monoisotopic (exact) mass is 288 g/mol. The molecule has 0 aliphatic heterocycles. The highest BCUT2D eigenvalue weighted by Crippen LogP contribution is 2.10. The van der Waals surface area contributed by atoms with Gasteiger partial charge in [0.2, 0.25) is 5.91 Å². The highest BCUT2D eigenvalue weighted by molar-refractivity contribution is 5.81. The topological polar surface area (TPSA) is 93.2 Å². The molecule has 1 amide bonds. The molecule has 112 valence electrons. The van der Waals surface area contributed by atoms with Gasteiger partial charge in [0.1, 0.15) is 5.75 Å². The number of aromatic nitrogens is 2. The Morgan fingerprint density at radius 2 is 2.10 bits per heavy atom. The van der Waals surface area contributed by atoms with Crippen LogP contribution in [0.2, 0.25) is 0 Å². The summed E-state index contributed by atoms with van der Waals surface area (Å²) in [6.45, 7) is 0.529. The minimum atomic E-state index is -0.596. The molecule has 1 aromatic heterocycles. The summed E-state index contributed by atoms with van der Waals surface area (Å²) in [7, 11) is 1.87. The lowest BCUT2D eigenvalue weighted by atomic mass is 10.1. The first-order chi connectivity index (χ1) is 10.1. The molecule has 0 radical (unpaired) electrons. The van der Waals surface area contributed by atoms with Gasteiger partial charge in [-0.25, -0.2) is 0 Å². The third-order valence-electron chi connectivity index (χ3n) is 3.33. The Labute approximate surface area is 123 Å². The molecule has 0 fully saturated rings. The summed E-state index contributed by atoms with van der Waals surface area (Å²) in [4.78, 5) is 11.9. The van der Waals surface area contributed by atoms with Gasteiger partial charge in [0.15, 0.2) is 0 Å². The van der Waals surface area contributed by atoms with Crippen LogP contribution in [-0.2, 0) is 24.7 Å². The molecule has 2 rings (SSSR count). The van der Waals surface area contributed by atoms with Crippen LogP contribution in [0.25, 0.3) is 0 Å². The molecule has 1 atom stereocenters. The number of hydrogen-bond donors (Lipinski definition) is 3. The quantitative estimate of drug-likeness (QED) is 0.715. The number of aryl methyl sites for hydroxylation is 1. The van der Waals surface area contributed by atoms with Crippen LogP contribution in [-0.4, -0.2) is 33.4 Å². The fourth-order valence-electron chi connectivity index (χ4n) is 2.07. The number of phenols is 1. The highest BCUT2D eigenvalue weighted by Gasteiger charge is 2.13. The average Bonchev–Trinajstić information content (AvgIpc) is 2.87. The van der Waals surface area contributed by atoms with Gasteiger partial charge in [0.25, 0.3) is 0 Å². The first-order valence-corrected chi connectivity index (χ1v) is 6.84. The maximum absolute atomic E-state index is 11.9. The first-order valence-electron chi connectivity index (χ1n) is 6.84. The van der Waals surface area contributed by atoms with E-state index in [1.54, 1.807) is 35.1 Å². The van der Waals surface area contributed by atoms with E-state index in [-0.39, 0.29) is 11.7 Å². The highest BCUT2D eigenvalue weighted by atomic mass is 16.3. The van der Waals surface area contributed by atoms with Gasteiger partial charge in [0.05, 0.1) is 6.04 Å². The van der Waals surface area contributed by atoms with E-state index in [1.807, 2.05) is 13.1 Å². The molecular formula is C15H20N4O2. The number of nitrogens with one attached hydrogen (secondary N) is 1. The minimum Gasteiger partial charge on any atom is -0.508 e. The maximum Gasteiger partial charge on any atom is 0.237 e. The van der Waals surface area contributed by atoms with Crippen molar-refractivity contribution in [1.29, 1.82) is 0 Å². The SMILES string of the molecule is Cn1nccc1CCNC(=O)[C@@H](N)Cc1ccc(O)cc1. The van der Waals surface area contributed by atoms with E-state index in [2.05, 4.69) is 10.4 Å². The molecule has 4 N–H and O–H groups in total. The van der Waals surface area contributed by atoms with Crippen LogP contribution in [0.5, 0.6) is 5.75 Å². The van der Waals surface area contributed by atoms with E-state index in [4.69, 9.17) is 5.73 Å². The van der Waals surface area contributed by atoms with E-state index in [1.165, 1.54) is 0 Å². The fourth-order valence-corrected chi connectivity index (χ4v) is 2.07. The predicted octanol–water partition coefficient (Wildman–Crippen LogP) is 0.354. The van der Waals surface area contributed by atoms with Gasteiger partial charge in [0, 0.05) is 31.9 Å². The number of benzene rings is 1. The van der Waals surface area contributed by atoms with Gasteiger partial charge in [-0.1, -0.05) is 12.1 Å². The summed E-state index contributed by atoms with van der Waals surface area (Å²) in [6.07, 6.45) is 2.89. The summed E-state index contributed by atoms with van der Waals surface area (Å²) in [5, 5.41) is 16.1. The first kappa shape index (κ1) is 15.1. The Balaban J connectivity index is 1.77. The molecule has 0 unspecified atom stereocenters. The minimum absolute atomic E-state index is 0.176. The molecule has 2 aromatic rings. The van der Waals surface area contributed by atoms with Gasteiger partial charge in [-0.05, 0) is 30.2 Å². The van der Waals surface area contributed by atoms with Gasteiger partial charge in [-0.3, -0.25) is 9.48 Å². The lowest BCUT2D eigenvalue weighted by Gasteiger charge is -2.12. The van der Waals surface area contributed by atoms with Crippen molar-refractivity contribution in [2.24, 2.45) is 12.8 Å². The van der Waals surface area contributed by atoms with Crippen LogP contribution in [0.3, 0.4) is 0 Å². The zero-order chi connectivity index (χ0) is 15.2. The van der Waals surface area contributed by atoms with Crippen molar-refractivity contribution in [1.82, 2.24) is 15.1 Å². The molecule has 0 spiro atoms.